The molecule has 0 aliphatic heterocycles. The Kier molecular flexibility index (Phi) is 9.35. The number of sulfonamides is 1. The zero-order valence-corrected chi connectivity index (χ0v) is 23.4. The number of likely N-dealkylation sites (N-methyl/N-ethyl adjacent to an activating group) is 1. The summed E-state index contributed by atoms with van der Waals surface area (Å²) >= 11 is 13.2. The average Bonchev–Trinajstić information content (AvgIpc) is 3.35. The molecule has 0 saturated carbocycles. The summed E-state index contributed by atoms with van der Waals surface area (Å²) in [4.78, 5) is 13.2. The topological polar surface area (TPSA) is 101 Å². The Morgan fingerprint density at radius 3 is 2.39 bits per heavy atom. The standard InChI is InChI=1S/C26H24Cl2N4O4S2/c1-32(38(34,35)21-10-6-3-7-11-21)16-19(18-8-4-2-5-9-18)14-24(33)29-26-31-30-25(37-26)17-36-23-13-12-20(27)15-22(23)28/h2-13,15,19H,14,16-17H2,1H3,(H,29,31,33). The maximum absolute atomic E-state index is 13.1. The Labute approximate surface area is 235 Å². The highest BCUT2D eigenvalue weighted by molar-refractivity contribution is 7.89. The number of carbonyl (C=O) groups excluding carboxylic acids is 1. The number of halogens is 2. The van der Waals surface area contributed by atoms with Crippen LogP contribution in [0.4, 0.5) is 5.13 Å². The molecular weight excluding hydrogens is 567 g/mol. The van der Waals surface area contributed by atoms with E-state index in [1.165, 1.54) is 22.7 Å². The molecule has 0 aliphatic carbocycles. The molecule has 3 aromatic carbocycles. The minimum Gasteiger partial charge on any atom is -0.485 e. The van der Waals surface area contributed by atoms with Crippen LogP contribution in [0, 0.1) is 0 Å². The molecule has 1 aromatic heterocycles. The first-order chi connectivity index (χ1) is 18.2. The quantitative estimate of drug-likeness (QED) is 0.235. The molecule has 198 valence electrons. The lowest BCUT2D eigenvalue weighted by atomic mass is 9.95. The van der Waals surface area contributed by atoms with Crippen LogP contribution in [0.25, 0.3) is 0 Å². The third-order valence-electron chi connectivity index (χ3n) is 5.59. The Bertz CT molecular complexity index is 1490. The number of hydrogen-bond acceptors (Lipinski definition) is 7. The number of aromatic nitrogens is 2. The predicted octanol–water partition coefficient (Wildman–Crippen LogP) is 5.86. The highest BCUT2D eigenvalue weighted by Crippen LogP contribution is 2.29. The van der Waals surface area contributed by atoms with Gasteiger partial charge in [-0.15, -0.1) is 10.2 Å². The molecule has 0 fully saturated rings. The molecule has 1 atom stereocenters. The molecule has 38 heavy (non-hydrogen) atoms. The molecule has 1 unspecified atom stereocenters. The molecule has 0 aliphatic rings. The number of benzene rings is 3. The first kappa shape index (κ1) is 28.0. The molecule has 1 amide bonds. The van der Waals surface area contributed by atoms with Crippen molar-refractivity contribution in [1.29, 1.82) is 0 Å². The number of amides is 1. The van der Waals surface area contributed by atoms with Crippen molar-refractivity contribution in [2.45, 2.75) is 23.8 Å². The highest BCUT2D eigenvalue weighted by atomic mass is 35.5. The van der Waals surface area contributed by atoms with Crippen LogP contribution in [0.3, 0.4) is 0 Å². The summed E-state index contributed by atoms with van der Waals surface area (Å²) in [6.45, 7) is 0.232. The Balaban J connectivity index is 1.41. The number of nitrogens with zero attached hydrogens (tertiary/aromatic N) is 3. The zero-order valence-electron chi connectivity index (χ0n) is 20.3. The zero-order chi connectivity index (χ0) is 27.1. The van der Waals surface area contributed by atoms with E-state index in [2.05, 4.69) is 15.5 Å². The van der Waals surface area contributed by atoms with Crippen molar-refractivity contribution >= 4 is 55.6 Å². The van der Waals surface area contributed by atoms with Crippen molar-refractivity contribution in [3.63, 3.8) is 0 Å². The van der Waals surface area contributed by atoms with E-state index < -0.39 is 10.0 Å². The van der Waals surface area contributed by atoms with Crippen LogP contribution in [0.1, 0.15) is 22.9 Å². The van der Waals surface area contributed by atoms with Crippen molar-refractivity contribution in [3.8, 4) is 5.75 Å². The number of hydrogen-bond donors (Lipinski definition) is 1. The van der Waals surface area contributed by atoms with Crippen molar-refractivity contribution in [2.24, 2.45) is 0 Å². The van der Waals surface area contributed by atoms with Crippen LogP contribution >= 0.6 is 34.5 Å². The summed E-state index contributed by atoms with van der Waals surface area (Å²) in [7, 11) is -2.20. The maximum atomic E-state index is 13.1. The third kappa shape index (κ3) is 7.30. The number of rotatable bonds is 11. The van der Waals surface area contributed by atoms with Gasteiger partial charge in [-0.05, 0) is 35.9 Å². The number of ether oxygens (including phenoxy) is 1. The highest BCUT2D eigenvalue weighted by Gasteiger charge is 2.26. The molecule has 4 rings (SSSR count). The molecule has 0 saturated heterocycles. The fourth-order valence-corrected chi connectivity index (χ4v) is 6.05. The van der Waals surface area contributed by atoms with Crippen molar-refractivity contribution in [2.75, 3.05) is 18.9 Å². The van der Waals surface area contributed by atoms with Gasteiger partial charge in [-0.1, -0.05) is 83.1 Å². The van der Waals surface area contributed by atoms with Gasteiger partial charge in [0.2, 0.25) is 21.1 Å². The van der Waals surface area contributed by atoms with E-state index in [1.807, 2.05) is 30.3 Å². The lowest BCUT2D eigenvalue weighted by molar-refractivity contribution is -0.116. The molecular formula is C26H24Cl2N4O4S2. The minimum absolute atomic E-state index is 0.0461. The van der Waals surface area contributed by atoms with Gasteiger partial charge < -0.3 is 10.1 Å². The van der Waals surface area contributed by atoms with Gasteiger partial charge >= 0.3 is 0 Å². The lowest BCUT2D eigenvalue weighted by Gasteiger charge is -2.24. The second-order valence-corrected chi connectivity index (χ2v) is 12.3. The number of anilines is 1. The summed E-state index contributed by atoms with van der Waals surface area (Å²) in [6, 6.07) is 22.5. The van der Waals surface area contributed by atoms with Crippen LogP contribution in [0.15, 0.2) is 83.8 Å². The Hall–Kier alpha value is -3.02. The van der Waals surface area contributed by atoms with Crippen molar-refractivity contribution < 1.29 is 17.9 Å². The van der Waals surface area contributed by atoms with Crippen LogP contribution in [-0.4, -0.2) is 42.4 Å². The molecule has 1 heterocycles. The maximum Gasteiger partial charge on any atom is 0.242 e. The van der Waals surface area contributed by atoms with Gasteiger partial charge in [0.05, 0.1) is 9.92 Å². The summed E-state index contributed by atoms with van der Waals surface area (Å²) in [6.07, 6.45) is 0.0461. The van der Waals surface area contributed by atoms with Crippen LogP contribution in [0.2, 0.25) is 10.0 Å². The van der Waals surface area contributed by atoms with Gasteiger partial charge in [-0.3, -0.25) is 4.79 Å². The van der Waals surface area contributed by atoms with Gasteiger partial charge in [0.15, 0.2) is 5.01 Å². The van der Waals surface area contributed by atoms with Crippen molar-refractivity contribution in [1.82, 2.24) is 14.5 Å². The predicted molar refractivity (Wildman–Crippen MR) is 149 cm³/mol. The fraction of sp³-hybridized carbons (Fsp3) is 0.192. The average molecular weight is 592 g/mol. The summed E-state index contributed by atoms with van der Waals surface area (Å²) in [5.41, 5.74) is 0.851. The normalized spacial score (nSPS) is 12.3. The molecule has 12 heteroatoms. The van der Waals surface area contributed by atoms with E-state index in [0.29, 0.717) is 25.9 Å². The van der Waals surface area contributed by atoms with E-state index >= 15 is 0 Å². The molecule has 8 nitrogen and oxygen atoms in total. The Morgan fingerprint density at radius 2 is 1.71 bits per heavy atom. The summed E-state index contributed by atoms with van der Waals surface area (Å²) in [5, 5.41) is 12.6. The molecule has 0 radical (unpaired) electrons. The van der Waals surface area contributed by atoms with E-state index in [-0.39, 0.29) is 36.3 Å². The third-order valence-corrected chi connectivity index (χ3v) is 8.77. The largest absolute Gasteiger partial charge is 0.485 e. The minimum atomic E-state index is -3.72. The first-order valence-electron chi connectivity index (χ1n) is 11.5. The molecule has 4 aromatic rings. The van der Waals surface area contributed by atoms with Crippen LogP contribution in [0.5, 0.6) is 5.75 Å². The molecule has 0 spiro atoms. The van der Waals surface area contributed by atoms with Gasteiger partial charge in [0.1, 0.15) is 12.4 Å². The lowest BCUT2D eigenvalue weighted by Crippen LogP contribution is -2.32. The van der Waals surface area contributed by atoms with E-state index in [9.17, 15) is 13.2 Å². The van der Waals surface area contributed by atoms with Gasteiger partial charge in [0.25, 0.3) is 0 Å². The Morgan fingerprint density at radius 1 is 1.03 bits per heavy atom. The number of carbonyl (C=O) groups is 1. The van der Waals surface area contributed by atoms with Gasteiger partial charge in [0, 0.05) is 31.0 Å². The second-order valence-electron chi connectivity index (χ2n) is 8.32. The van der Waals surface area contributed by atoms with Gasteiger partial charge in [-0.2, -0.15) is 0 Å². The first-order valence-corrected chi connectivity index (χ1v) is 14.5. The molecule has 1 N–H and O–H groups in total. The monoisotopic (exact) mass is 590 g/mol. The smallest absolute Gasteiger partial charge is 0.242 e. The van der Waals surface area contributed by atoms with Crippen LogP contribution < -0.4 is 10.1 Å². The van der Waals surface area contributed by atoms with E-state index in [0.717, 1.165) is 5.56 Å². The van der Waals surface area contributed by atoms with Crippen molar-refractivity contribution in [3.05, 3.63) is 99.5 Å². The van der Waals surface area contributed by atoms with Gasteiger partial charge in [-0.25, -0.2) is 12.7 Å². The second kappa shape index (κ2) is 12.7. The van der Waals surface area contributed by atoms with E-state index in [1.54, 1.807) is 48.5 Å². The summed E-state index contributed by atoms with van der Waals surface area (Å²) in [5.74, 6) is -0.242. The van der Waals surface area contributed by atoms with E-state index in [4.69, 9.17) is 27.9 Å². The fourth-order valence-electron chi connectivity index (χ4n) is 3.68. The number of nitrogens with one attached hydrogen (secondary N) is 1. The molecule has 0 bridgehead atoms. The van der Waals surface area contributed by atoms with Crippen LogP contribution in [-0.2, 0) is 21.4 Å². The summed E-state index contributed by atoms with van der Waals surface area (Å²) < 4.78 is 33.1. The SMILES string of the molecule is CN(CC(CC(=O)Nc1nnc(COc2ccc(Cl)cc2Cl)s1)c1ccccc1)S(=O)(=O)c1ccccc1.